The first-order valence-corrected chi connectivity index (χ1v) is 12.6. The highest BCUT2D eigenvalue weighted by Crippen LogP contribution is 2.36. The molecule has 2 aromatic heterocycles. The molecule has 4 aromatic rings. The topological polar surface area (TPSA) is 105 Å². The number of nitrogens with one attached hydrogen (secondary N) is 1. The number of ether oxygens (including phenoxy) is 3. The van der Waals surface area contributed by atoms with Gasteiger partial charge in [-0.15, -0.1) is 21.5 Å². The predicted molar refractivity (Wildman–Crippen MR) is 140 cm³/mol. The van der Waals surface area contributed by atoms with E-state index in [-0.39, 0.29) is 11.7 Å². The second-order valence-electron chi connectivity index (χ2n) is 7.48. The highest BCUT2D eigenvalue weighted by Gasteiger charge is 2.23. The lowest BCUT2D eigenvalue weighted by Gasteiger charge is -2.09. The first-order valence-electron chi connectivity index (χ1n) is 10.8. The number of carbonyl (C=O) groups is 2. The van der Waals surface area contributed by atoms with E-state index in [1.54, 1.807) is 24.9 Å². The first-order chi connectivity index (χ1) is 17.5. The second-order valence-corrected chi connectivity index (χ2v) is 9.31. The molecule has 0 spiro atoms. The molecule has 0 aliphatic rings. The fourth-order valence-corrected chi connectivity index (χ4v) is 5.23. The number of hydrogen-bond donors (Lipinski definition) is 1. The van der Waals surface area contributed by atoms with Crippen molar-refractivity contribution in [3.63, 3.8) is 0 Å². The standard InChI is InChI=1S/C25H24N4O5S2/c1-29-22(16-10-11-18(32-2)19(12-16)33-3)27-28-25(29)36-14-20(30)26-23-21(24(31)34-4)17(13-35-23)15-8-6-5-7-9-15/h5-13H,14H2,1-4H3,(H,26,30). The first kappa shape index (κ1) is 25.3. The van der Waals surface area contributed by atoms with E-state index in [1.165, 1.54) is 30.2 Å². The fraction of sp³-hybridized carbons (Fsp3) is 0.200. The Kier molecular flexibility index (Phi) is 7.91. The van der Waals surface area contributed by atoms with Crippen LogP contribution in [0.2, 0.25) is 0 Å². The van der Waals surface area contributed by atoms with E-state index < -0.39 is 5.97 Å². The largest absolute Gasteiger partial charge is 0.493 e. The molecule has 0 saturated carbocycles. The van der Waals surface area contributed by atoms with Gasteiger partial charge in [-0.2, -0.15) is 0 Å². The Bertz CT molecular complexity index is 1380. The molecule has 186 valence electrons. The maximum atomic E-state index is 12.8. The van der Waals surface area contributed by atoms with E-state index in [9.17, 15) is 9.59 Å². The fourth-order valence-electron chi connectivity index (χ4n) is 3.54. The molecule has 4 rings (SSSR count). The van der Waals surface area contributed by atoms with E-state index in [0.29, 0.717) is 38.6 Å². The van der Waals surface area contributed by atoms with Crippen LogP contribution >= 0.6 is 23.1 Å². The zero-order valence-corrected chi connectivity index (χ0v) is 21.7. The van der Waals surface area contributed by atoms with Gasteiger partial charge in [0.15, 0.2) is 22.5 Å². The molecule has 0 saturated heterocycles. The molecule has 2 aromatic carbocycles. The summed E-state index contributed by atoms with van der Waals surface area (Å²) in [7, 11) is 6.29. The highest BCUT2D eigenvalue weighted by molar-refractivity contribution is 7.99. The molecule has 11 heteroatoms. The molecule has 9 nitrogen and oxygen atoms in total. The van der Waals surface area contributed by atoms with Gasteiger partial charge in [0, 0.05) is 23.6 Å². The zero-order valence-electron chi connectivity index (χ0n) is 20.1. The van der Waals surface area contributed by atoms with Crippen molar-refractivity contribution in [2.45, 2.75) is 5.16 Å². The van der Waals surface area contributed by atoms with Crippen molar-refractivity contribution in [3.8, 4) is 34.0 Å². The molecule has 0 aliphatic carbocycles. The number of rotatable bonds is 9. The lowest BCUT2D eigenvalue weighted by Crippen LogP contribution is -2.16. The lowest BCUT2D eigenvalue weighted by atomic mass is 10.0. The second kappa shape index (κ2) is 11.3. The third kappa shape index (κ3) is 5.21. The average Bonchev–Trinajstić information content (AvgIpc) is 3.50. The Labute approximate surface area is 216 Å². The van der Waals surface area contributed by atoms with Crippen molar-refractivity contribution in [2.24, 2.45) is 7.05 Å². The maximum absolute atomic E-state index is 12.8. The molecular formula is C25H24N4O5S2. The lowest BCUT2D eigenvalue weighted by molar-refractivity contribution is -0.113. The number of amides is 1. The molecule has 1 N–H and O–H groups in total. The Morgan fingerprint density at radius 3 is 2.44 bits per heavy atom. The van der Waals surface area contributed by atoms with Gasteiger partial charge < -0.3 is 24.1 Å². The molecule has 0 aliphatic heterocycles. The number of thiophene rings is 1. The highest BCUT2D eigenvalue weighted by atomic mass is 32.2. The van der Waals surface area contributed by atoms with Gasteiger partial charge in [-0.1, -0.05) is 42.1 Å². The van der Waals surface area contributed by atoms with Gasteiger partial charge in [0.05, 0.1) is 27.1 Å². The van der Waals surface area contributed by atoms with E-state index in [2.05, 4.69) is 15.5 Å². The van der Waals surface area contributed by atoms with Gasteiger partial charge in [-0.3, -0.25) is 4.79 Å². The molecule has 36 heavy (non-hydrogen) atoms. The summed E-state index contributed by atoms with van der Waals surface area (Å²) in [5, 5.41) is 14.2. The Morgan fingerprint density at radius 2 is 1.75 bits per heavy atom. The summed E-state index contributed by atoms with van der Waals surface area (Å²) in [6.45, 7) is 0. The minimum Gasteiger partial charge on any atom is -0.493 e. The van der Waals surface area contributed by atoms with Crippen molar-refractivity contribution in [1.29, 1.82) is 0 Å². The van der Waals surface area contributed by atoms with Gasteiger partial charge >= 0.3 is 5.97 Å². The van der Waals surface area contributed by atoms with Crippen molar-refractivity contribution in [1.82, 2.24) is 14.8 Å². The number of carbonyl (C=O) groups excluding carboxylic acids is 2. The molecule has 0 fully saturated rings. The van der Waals surface area contributed by atoms with Crippen molar-refractivity contribution in [3.05, 3.63) is 59.5 Å². The number of anilines is 1. The van der Waals surface area contributed by atoms with Crippen LogP contribution in [0.15, 0.2) is 59.1 Å². The van der Waals surface area contributed by atoms with Gasteiger partial charge in [0.2, 0.25) is 5.91 Å². The normalized spacial score (nSPS) is 10.7. The molecule has 0 bridgehead atoms. The number of aromatic nitrogens is 3. The minimum absolute atomic E-state index is 0.0804. The van der Waals surface area contributed by atoms with E-state index >= 15 is 0 Å². The van der Waals surface area contributed by atoms with Crippen LogP contribution in [0, 0.1) is 0 Å². The minimum atomic E-state index is -0.508. The number of hydrogen-bond acceptors (Lipinski definition) is 9. The van der Waals surface area contributed by atoms with Gasteiger partial charge in [0.25, 0.3) is 0 Å². The molecule has 2 heterocycles. The van der Waals surface area contributed by atoms with Crippen LogP contribution in [0.25, 0.3) is 22.5 Å². The average molecular weight is 525 g/mol. The van der Waals surface area contributed by atoms with Crippen LogP contribution < -0.4 is 14.8 Å². The Hall–Kier alpha value is -3.83. The van der Waals surface area contributed by atoms with Crippen LogP contribution in [0.3, 0.4) is 0 Å². The molecule has 1 amide bonds. The quantitative estimate of drug-likeness (QED) is 0.247. The van der Waals surface area contributed by atoms with Crippen molar-refractivity contribution in [2.75, 3.05) is 32.4 Å². The molecule has 0 atom stereocenters. The van der Waals surface area contributed by atoms with E-state index in [0.717, 1.165) is 11.1 Å². The van der Waals surface area contributed by atoms with Crippen LogP contribution in [-0.2, 0) is 16.6 Å². The van der Waals surface area contributed by atoms with Gasteiger partial charge in [-0.25, -0.2) is 4.79 Å². The van der Waals surface area contributed by atoms with E-state index in [1.807, 2.05) is 54.9 Å². The monoisotopic (exact) mass is 524 g/mol. The van der Waals surface area contributed by atoms with Crippen molar-refractivity contribution < 1.29 is 23.8 Å². The summed E-state index contributed by atoms with van der Waals surface area (Å²) >= 11 is 2.52. The summed E-state index contributed by atoms with van der Waals surface area (Å²) in [5.74, 6) is 1.12. The number of benzene rings is 2. The number of methoxy groups -OCH3 is 3. The number of thioether (sulfide) groups is 1. The van der Waals surface area contributed by atoms with Crippen LogP contribution in [0.1, 0.15) is 10.4 Å². The SMILES string of the molecule is COC(=O)c1c(-c2ccccc2)csc1NC(=O)CSc1nnc(-c2ccc(OC)c(OC)c2)n1C. The molecule has 0 unspecified atom stereocenters. The summed E-state index contributed by atoms with van der Waals surface area (Å²) in [4.78, 5) is 25.3. The van der Waals surface area contributed by atoms with Crippen LogP contribution in [-0.4, -0.2) is 53.7 Å². The third-order valence-corrected chi connectivity index (χ3v) is 7.24. The van der Waals surface area contributed by atoms with E-state index in [4.69, 9.17) is 14.2 Å². The van der Waals surface area contributed by atoms with Crippen LogP contribution in [0.4, 0.5) is 5.00 Å². The molecular weight excluding hydrogens is 500 g/mol. The third-order valence-electron chi connectivity index (χ3n) is 5.33. The zero-order chi connectivity index (χ0) is 25.7. The smallest absolute Gasteiger partial charge is 0.341 e. The molecule has 0 radical (unpaired) electrons. The Balaban J connectivity index is 1.48. The predicted octanol–water partition coefficient (Wildman–Crippen LogP) is 4.75. The summed E-state index contributed by atoms with van der Waals surface area (Å²) in [5.41, 5.74) is 2.71. The number of nitrogens with zero attached hydrogens (tertiary/aromatic N) is 3. The number of esters is 1. The van der Waals surface area contributed by atoms with Crippen LogP contribution in [0.5, 0.6) is 11.5 Å². The van der Waals surface area contributed by atoms with Gasteiger partial charge in [-0.05, 0) is 23.8 Å². The van der Waals surface area contributed by atoms with Crippen molar-refractivity contribution >= 4 is 40.0 Å². The maximum Gasteiger partial charge on any atom is 0.341 e. The van der Waals surface area contributed by atoms with Gasteiger partial charge in [0.1, 0.15) is 10.6 Å². The summed E-state index contributed by atoms with van der Waals surface area (Å²) in [6.07, 6.45) is 0. The Morgan fingerprint density at radius 1 is 1.00 bits per heavy atom. The summed E-state index contributed by atoms with van der Waals surface area (Å²) < 4.78 is 17.4. The summed E-state index contributed by atoms with van der Waals surface area (Å²) in [6, 6.07) is 15.0.